The lowest BCUT2D eigenvalue weighted by atomic mass is 9.84. The molecule has 0 aliphatic heterocycles. The Labute approximate surface area is 103 Å². The van der Waals surface area contributed by atoms with Gasteiger partial charge in [-0.05, 0) is 37.7 Å². The molecule has 0 atom stereocenters. The van der Waals surface area contributed by atoms with Crippen LogP contribution in [0.2, 0.25) is 0 Å². The third kappa shape index (κ3) is 3.11. The molecule has 3 nitrogen and oxygen atoms in total. The molecule has 1 fully saturated rings. The van der Waals surface area contributed by atoms with Gasteiger partial charge in [0.2, 0.25) is 5.56 Å². The summed E-state index contributed by atoms with van der Waals surface area (Å²) in [6.45, 7) is 2.28. The minimum atomic E-state index is 0.0465. The molecule has 1 N–H and O–H groups in total. The number of aryl methyl sites for hydroxylation is 1. The normalized spacial score (nSPS) is 24.6. The number of nitrogens with one attached hydrogen (secondary N) is 1. The molecular weight excluding hydrogens is 212 g/mol. The summed E-state index contributed by atoms with van der Waals surface area (Å²) in [7, 11) is 1.79. The Bertz CT molecular complexity index is 416. The molecule has 1 saturated carbocycles. The molecule has 0 amide bonds. The molecule has 0 saturated heterocycles. The lowest BCUT2D eigenvalue weighted by molar-refractivity contribution is 0.330. The first-order valence-corrected chi connectivity index (χ1v) is 6.62. The van der Waals surface area contributed by atoms with Crippen molar-refractivity contribution in [1.82, 2.24) is 4.57 Å². The molecule has 3 heteroatoms. The van der Waals surface area contributed by atoms with Gasteiger partial charge in [0.05, 0.1) is 5.69 Å². The maximum Gasteiger partial charge on any atom is 0.250 e. The van der Waals surface area contributed by atoms with Gasteiger partial charge in [-0.15, -0.1) is 0 Å². The number of hydrogen-bond acceptors (Lipinski definition) is 2. The first-order valence-electron chi connectivity index (χ1n) is 6.62. The van der Waals surface area contributed by atoms with E-state index in [1.807, 2.05) is 12.3 Å². The summed E-state index contributed by atoms with van der Waals surface area (Å²) in [6.07, 6.45) is 8.36. The Morgan fingerprint density at radius 3 is 2.59 bits per heavy atom. The van der Waals surface area contributed by atoms with Crippen molar-refractivity contribution in [1.29, 1.82) is 0 Å². The number of aromatic nitrogens is 1. The predicted molar refractivity (Wildman–Crippen MR) is 71.3 cm³/mol. The molecule has 1 aliphatic rings. The fourth-order valence-corrected chi connectivity index (χ4v) is 2.63. The van der Waals surface area contributed by atoms with E-state index in [9.17, 15) is 4.79 Å². The first-order chi connectivity index (χ1) is 8.19. The van der Waals surface area contributed by atoms with Gasteiger partial charge in [0, 0.05) is 25.4 Å². The van der Waals surface area contributed by atoms with Gasteiger partial charge in [-0.25, -0.2) is 0 Å². The van der Waals surface area contributed by atoms with Gasteiger partial charge in [-0.1, -0.05) is 13.3 Å². The highest BCUT2D eigenvalue weighted by Gasteiger charge is 2.19. The lowest BCUT2D eigenvalue weighted by Crippen LogP contribution is -2.26. The molecule has 17 heavy (non-hydrogen) atoms. The molecule has 1 aliphatic carbocycles. The van der Waals surface area contributed by atoms with Crippen LogP contribution < -0.4 is 10.9 Å². The quantitative estimate of drug-likeness (QED) is 0.872. The maximum absolute atomic E-state index is 11.3. The van der Waals surface area contributed by atoms with E-state index >= 15 is 0 Å². The van der Waals surface area contributed by atoms with Crippen molar-refractivity contribution < 1.29 is 0 Å². The van der Waals surface area contributed by atoms with Crippen molar-refractivity contribution in [2.45, 2.75) is 45.1 Å². The SMILES string of the molecule is CCC1CCC(Nc2ccc(=O)n(C)c2)CC1. The highest BCUT2D eigenvalue weighted by atomic mass is 16.1. The zero-order valence-electron chi connectivity index (χ0n) is 10.8. The summed E-state index contributed by atoms with van der Waals surface area (Å²) < 4.78 is 1.63. The summed E-state index contributed by atoms with van der Waals surface area (Å²) in [5.41, 5.74) is 1.11. The van der Waals surface area contributed by atoms with Gasteiger partial charge in [-0.2, -0.15) is 0 Å². The summed E-state index contributed by atoms with van der Waals surface area (Å²) in [5, 5.41) is 3.53. The zero-order chi connectivity index (χ0) is 12.3. The van der Waals surface area contributed by atoms with E-state index in [4.69, 9.17) is 0 Å². The van der Waals surface area contributed by atoms with Crippen molar-refractivity contribution in [2.75, 3.05) is 5.32 Å². The second-order valence-corrected chi connectivity index (χ2v) is 5.14. The Morgan fingerprint density at radius 2 is 2.00 bits per heavy atom. The van der Waals surface area contributed by atoms with Gasteiger partial charge in [0.1, 0.15) is 0 Å². The second-order valence-electron chi connectivity index (χ2n) is 5.14. The molecular formula is C14H22N2O. The van der Waals surface area contributed by atoms with Crippen LogP contribution in [0.4, 0.5) is 5.69 Å². The summed E-state index contributed by atoms with van der Waals surface area (Å²) in [5.74, 6) is 0.924. The van der Waals surface area contributed by atoms with Crippen molar-refractivity contribution in [3.63, 3.8) is 0 Å². The Morgan fingerprint density at radius 1 is 1.29 bits per heavy atom. The number of anilines is 1. The number of nitrogens with zero attached hydrogens (tertiary/aromatic N) is 1. The van der Waals surface area contributed by atoms with Crippen molar-refractivity contribution in [3.8, 4) is 0 Å². The van der Waals surface area contributed by atoms with Crippen LogP contribution in [0.1, 0.15) is 39.0 Å². The van der Waals surface area contributed by atoms with Crippen LogP contribution in [0, 0.1) is 5.92 Å². The Kier molecular flexibility index (Phi) is 3.87. The zero-order valence-corrected chi connectivity index (χ0v) is 10.8. The van der Waals surface area contributed by atoms with E-state index in [-0.39, 0.29) is 5.56 Å². The first kappa shape index (κ1) is 12.2. The van der Waals surface area contributed by atoms with Crippen LogP contribution in [-0.2, 0) is 7.05 Å². The third-order valence-corrected chi connectivity index (χ3v) is 3.88. The lowest BCUT2D eigenvalue weighted by Gasteiger charge is -2.29. The summed E-state index contributed by atoms with van der Waals surface area (Å²) >= 11 is 0. The average Bonchev–Trinajstić information content (AvgIpc) is 2.35. The molecule has 0 unspecified atom stereocenters. The Hall–Kier alpha value is -1.25. The fourth-order valence-electron chi connectivity index (χ4n) is 2.63. The standard InChI is InChI=1S/C14H22N2O/c1-3-11-4-6-12(7-5-11)15-13-8-9-14(17)16(2)10-13/h8-12,15H,3-7H2,1-2H3. The molecule has 0 aromatic carbocycles. The average molecular weight is 234 g/mol. The Balaban J connectivity index is 1.93. The summed E-state index contributed by atoms with van der Waals surface area (Å²) in [6, 6.07) is 4.09. The van der Waals surface area contributed by atoms with Crippen LogP contribution in [0.3, 0.4) is 0 Å². The van der Waals surface area contributed by atoms with Crippen LogP contribution in [0.5, 0.6) is 0 Å². The van der Waals surface area contributed by atoms with Gasteiger partial charge < -0.3 is 9.88 Å². The van der Waals surface area contributed by atoms with Crippen molar-refractivity contribution in [3.05, 3.63) is 28.7 Å². The highest BCUT2D eigenvalue weighted by Crippen LogP contribution is 2.28. The molecule has 94 valence electrons. The van der Waals surface area contributed by atoms with Crippen molar-refractivity contribution in [2.24, 2.45) is 13.0 Å². The van der Waals surface area contributed by atoms with Crippen LogP contribution in [0.25, 0.3) is 0 Å². The maximum atomic E-state index is 11.3. The molecule has 1 aromatic heterocycles. The minimum absolute atomic E-state index is 0.0465. The monoisotopic (exact) mass is 234 g/mol. The molecule has 0 radical (unpaired) electrons. The molecule has 1 heterocycles. The van der Waals surface area contributed by atoms with E-state index in [2.05, 4.69) is 12.2 Å². The van der Waals surface area contributed by atoms with Crippen LogP contribution in [-0.4, -0.2) is 10.6 Å². The fraction of sp³-hybridized carbons (Fsp3) is 0.643. The topological polar surface area (TPSA) is 34.0 Å². The smallest absolute Gasteiger partial charge is 0.250 e. The molecule has 0 bridgehead atoms. The van der Waals surface area contributed by atoms with Gasteiger partial charge in [-0.3, -0.25) is 4.79 Å². The molecule has 2 rings (SSSR count). The van der Waals surface area contributed by atoms with Gasteiger partial charge >= 0.3 is 0 Å². The van der Waals surface area contributed by atoms with Crippen LogP contribution in [0.15, 0.2) is 23.1 Å². The van der Waals surface area contributed by atoms with E-state index in [1.54, 1.807) is 17.7 Å². The van der Waals surface area contributed by atoms with Crippen molar-refractivity contribution >= 4 is 5.69 Å². The van der Waals surface area contributed by atoms with E-state index < -0.39 is 0 Å². The second kappa shape index (κ2) is 5.39. The minimum Gasteiger partial charge on any atom is -0.381 e. The van der Waals surface area contributed by atoms with E-state index in [1.165, 1.54) is 32.1 Å². The number of hydrogen-bond donors (Lipinski definition) is 1. The number of pyridine rings is 1. The van der Waals surface area contributed by atoms with E-state index in [0.29, 0.717) is 6.04 Å². The molecule has 1 aromatic rings. The van der Waals surface area contributed by atoms with Gasteiger partial charge in [0.15, 0.2) is 0 Å². The largest absolute Gasteiger partial charge is 0.381 e. The molecule has 0 spiro atoms. The third-order valence-electron chi connectivity index (χ3n) is 3.88. The van der Waals surface area contributed by atoms with E-state index in [0.717, 1.165) is 11.6 Å². The highest BCUT2D eigenvalue weighted by molar-refractivity contribution is 5.41. The predicted octanol–water partition coefficient (Wildman–Crippen LogP) is 2.77. The summed E-state index contributed by atoms with van der Waals surface area (Å²) in [4.78, 5) is 11.3. The van der Waals surface area contributed by atoms with Crippen LogP contribution >= 0.6 is 0 Å². The van der Waals surface area contributed by atoms with Gasteiger partial charge in [0.25, 0.3) is 0 Å². The number of rotatable bonds is 3.